The normalized spacial score (nSPS) is 11.3. The van der Waals surface area contributed by atoms with E-state index in [1.807, 2.05) is 0 Å². The number of hydrogen-bond acceptors (Lipinski definition) is 5. The van der Waals surface area contributed by atoms with Crippen LogP contribution in [0.15, 0.2) is 30.6 Å². The van der Waals surface area contributed by atoms with Crippen LogP contribution in [0.5, 0.6) is 5.75 Å². The van der Waals surface area contributed by atoms with Crippen molar-refractivity contribution >= 4 is 11.9 Å². The SMILES string of the molecule is COC(=O)Nc1cc(-c2cc(C(F)(F)F)c(OC(C)C)cn2)ccn1. The van der Waals surface area contributed by atoms with Crippen LogP contribution in [0.4, 0.5) is 23.8 Å². The highest BCUT2D eigenvalue weighted by molar-refractivity contribution is 5.84. The van der Waals surface area contributed by atoms with Gasteiger partial charge in [0.1, 0.15) is 17.1 Å². The zero-order valence-corrected chi connectivity index (χ0v) is 13.7. The van der Waals surface area contributed by atoms with Crippen molar-refractivity contribution in [3.05, 3.63) is 36.2 Å². The number of nitrogens with zero attached hydrogens (tertiary/aromatic N) is 2. The summed E-state index contributed by atoms with van der Waals surface area (Å²) in [6.07, 6.45) is -3.39. The van der Waals surface area contributed by atoms with Crippen LogP contribution in [0.1, 0.15) is 19.4 Å². The van der Waals surface area contributed by atoms with E-state index in [-0.39, 0.29) is 17.3 Å². The van der Waals surface area contributed by atoms with Crippen LogP contribution < -0.4 is 10.1 Å². The van der Waals surface area contributed by atoms with Crippen molar-refractivity contribution in [1.29, 1.82) is 0 Å². The maximum Gasteiger partial charge on any atom is 0.420 e. The molecule has 0 bridgehead atoms. The van der Waals surface area contributed by atoms with Gasteiger partial charge in [0, 0.05) is 11.8 Å². The minimum atomic E-state index is -4.60. The summed E-state index contributed by atoms with van der Waals surface area (Å²) >= 11 is 0. The van der Waals surface area contributed by atoms with Gasteiger partial charge in [0.2, 0.25) is 0 Å². The summed E-state index contributed by atoms with van der Waals surface area (Å²) in [5.41, 5.74) is -0.507. The lowest BCUT2D eigenvalue weighted by Gasteiger charge is -2.17. The maximum absolute atomic E-state index is 13.3. The summed E-state index contributed by atoms with van der Waals surface area (Å²) in [7, 11) is 1.18. The van der Waals surface area contributed by atoms with E-state index >= 15 is 0 Å². The predicted molar refractivity (Wildman–Crippen MR) is 84.3 cm³/mol. The van der Waals surface area contributed by atoms with E-state index in [1.54, 1.807) is 13.8 Å². The monoisotopic (exact) mass is 355 g/mol. The number of aromatic nitrogens is 2. The van der Waals surface area contributed by atoms with Crippen LogP contribution >= 0.6 is 0 Å². The molecule has 0 unspecified atom stereocenters. The van der Waals surface area contributed by atoms with Gasteiger partial charge in [0.25, 0.3) is 0 Å². The number of hydrogen-bond donors (Lipinski definition) is 1. The average Bonchev–Trinajstić information content (AvgIpc) is 2.53. The zero-order chi connectivity index (χ0) is 18.6. The number of methoxy groups -OCH3 is 1. The van der Waals surface area contributed by atoms with E-state index < -0.39 is 23.9 Å². The smallest absolute Gasteiger partial charge is 0.420 e. The molecule has 6 nitrogen and oxygen atoms in total. The highest BCUT2D eigenvalue weighted by atomic mass is 19.4. The molecule has 0 atom stereocenters. The highest BCUT2D eigenvalue weighted by Gasteiger charge is 2.35. The highest BCUT2D eigenvalue weighted by Crippen LogP contribution is 2.38. The molecule has 0 aliphatic rings. The van der Waals surface area contributed by atoms with Crippen LogP contribution in [0.2, 0.25) is 0 Å². The molecule has 0 fully saturated rings. The molecular weight excluding hydrogens is 339 g/mol. The van der Waals surface area contributed by atoms with Crippen molar-refractivity contribution in [2.24, 2.45) is 0 Å². The van der Waals surface area contributed by atoms with E-state index in [2.05, 4.69) is 20.0 Å². The van der Waals surface area contributed by atoms with Crippen LogP contribution in [0.3, 0.4) is 0 Å². The van der Waals surface area contributed by atoms with E-state index in [9.17, 15) is 18.0 Å². The molecular formula is C16H16F3N3O3. The third-order valence-corrected chi connectivity index (χ3v) is 3.01. The molecule has 2 aromatic rings. The lowest BCUT2D eigenvalue weighted by atomic mass is 10.1. The fourth-order valence-corrected chi connectivity index (χ4v) is 1.98. The standard InChI is InChI=1S/C16H16F3N3O3/c1-9(2)25-13-8-21-12(7-11(13)16(17,18)19)10-4-5-20-14(6-10)22-15(23)24-3/h4-9H,1-3H3,(H,20,22,23). The van der Waals surface area contributed by atoms with Crippen LogP contribution in [0.25, 0.3) is 11.3 Å². The van der Waals surface area contributed by atoms with Crippen molar-refractivity contribution in [3.8, 4) is 17.0 Å². The Labute approximate surface area is 142 Å². The number of rotatable bonds is 4. The summed E-state index contributed by atoms with van der Waals surface area (Å²) in [4.78, 5) is 19.1. The fraction of sp³-hybridized carbons (Fsp3) is 0.312. The molecule has 0 saturated heterocycles. The minimum Gasteiger partial charge on any atom is -0.489 e. The van der Waals surface area contributed by atoms with Gasteiger partial charge < -0.3 is 9.47 Å². The molecule has 0 saturated carbocycles. The minimum absolute atomic E-state index is 0.0683. The second-order valence-corrected chi connectivity index (χ2v) is 5.28. The molecule has 0 aliphatic heterocycles. The van der Waals surface area contributed by atoms with Gasteiger partial charge in [-0.25, -0.2) is 9.78 Å². The molecule has 2 aromatic heterocycles. The second kappa shape index (κ2) is 7.37. The Kier molecular flexibility index (Phi) is 5.45. The number of alkyl halides is 3. The van der Waals surface area contributed by atoms with Gasteiger partial charge >= 0.3 is 12.3 Å². The Morgan fingerprint density at radius 3 is 2.56 bits per heavy atom. The van der Waals surface area contributed by atoms with E-state index in [4.69, 9.17) is 4.74 Å². The molecule has 25 heavy (non-hydrogen) atoms. The van der Waals surface area contributed by atoms with Crippen molar-refractivity contribution < 1.29 is 27.4 Å². The molecule has 2 heterocycles. The molecule has 0 aromatic carbocycles. The molecule has 1 amide bonds. The van der Waals surface area contributed by atoms with Crippen molar-refractivity contribution in [2.45, 2.75) is 26.1 Å². The van der Waals surface area contributed by atoms with Crippen molar-refractivity contribution in [2.75, 3.05) is 12.4 Å². The first-order valence-corrected chi connectivity index (χ1v) is 7.26. The summed E-state index contributed by atoms with van der Waals surface area (Å²) in [5, 5.41) is 2.34. The average molecular weight is 355 g/mol. The number of carbonyl (C=O) groups is 1. The lowest BCUT2D eigenvalue weighted by Crippen LogP contribution is -2.14. The van der Waals surface area contributed by atoms with Gasteiger partial charge in [0.05, 0.1) is 25.1 Å². The lowest BCUT2D eigenvalue weighted by molar-refractivity contribution is -0.139. The van der Waals surface area contributed by atoms with Crippen molar-refractivity contribution in [1.82, 2.24) is 9.97 Å². The number of amides is 1. The molecule has 9 heteroatoms. The predicted octanol–water partition coefficient (Wildman–Crippen LogP) is 4.13. The van der Waals surface area contributed by atoms with Crippen LogP contribution in [0, 0.1) is 0 Å². The first-order valence-electron chi connectivity index (χ1n) is 7.26. The summed E-state index contributed by atoms with van der Waals surface area (Å²) in [5.74, 6) is -0.213. The molecule has 1 N–H and O–H groups in total. The van der Waals surface area contributed by atoms with Gasteiger partial charge in [-0.05, 0) is 32.0 Å². The number of anilines is 1. The Morgan fingerprint density at radius 1 is 1.24 bits per heavy atom. The third kappa shape index (κ3) is 4.82. The Bertz CT molecular complexity index is 764. The van der Waals surface area contributed by atoms with Gasteiger partial charge in [-0.3, -0.25) is 10.3 Å². The summed E-state index contributed by atoms with van der Waals surface area (Å²) in [6, 6.07) is 3.77. The Balaban J connectivity index is 2.43. The van der Waals surface area contributed by atoms with Gasteiger partial charge in [-0.15, -0.1) is 0 Å². The van der Waals surface area contributed by atoms with Gasteiger partial charge in [-0.2, -0.15) is 13.2 Å². The number of nitrogens with one attached hydrogen (secondary N) is 1. The van der Waals surface area contributed by atoms with E-state index in [0.29, 0.717) is 5.56 Å². The number of carbonyl (C=O) groups excluding carboxylic acids is 1. The van der Waals surface area contributed by atoms with Crippen molar-refractivity contribution in [3.63, 3.8) is 0 Å². The van der Waals surface area contributed by atoms with Crippen LogP contribution in [-0.4, -0.2) is 29.3 Å². The fourth-order valence-electron chi connectivity index (χ4n) is 1.98. The number of pyridine rings is 2. The Morgan fingerprint density at radius 2 is 1.96 bits per heavy atom. The molecule has 134 valence electrons. The van der Waals surface area contributed by atoms with E-state index in [0.717, 1.165) is 12.3 Å². The number of ether oxygens (including phenoxy) is 2. The first kappa shape index (κ1) is 18.5. The zero-order valence-electron chi connectivity index (χ0n) is 13.7. The quantitative estimate of drug-likeness (QED) is 0.893. The molecule has 2 rings (SSSR count). The second-order valence-electron chi connectivity index (χ2n) is 5.28. The van der Waals surface area contributed by atoms with Gasteiger partial charge in [0.15, 0.2) is 0 Å². The van der Waals surface area contributed by atoms with Crippen LogP contribution in [-0.2, 0) is 10.9 Å². The molecule has 0 radical (unpaired) electrons. The maximum atomic E-state index is 13.3. The summed E-state index contributed by atoms with van der Waals surface area (Å²) in [6.45, 7) is 3.25. The molecule has 0 spiro atoms. The first-order chi connectivity index (χ1) is 11.7. The summed E-state index contributed by atoms with van der Waals surface area (Å²) < 4.78 is 49.5. The number of halogens is 3. The topological polar surface area (TPSA) is 73.3 Å². The Hall–Kier alpha value is -2.84. The molecule has 0 aliphatic carbocycles. The van der Waals surface area contributed by atoms with Gasteiger partial charge in [-0.1, -0.05) is 0 Å². The van der Waals surface area contributed by atoms with E-state index in [1.165, 1.54) is 25.4 Å². The largest absolute Gasteiger partial charge is 0.489 e. The third-order valence-electron chi connectivity index (χ3n) is 3.01.